The molecule has 0 aliphatic heterocycles. The van der Waals surface area contributed by atoms with Crippen LogP contribution in [0.3, 0.4) is 0 Å². The van der Waals surface area contributed by atoms with Gasteiger partial charge in [0.15, 0.2) is 0 Å². The number of nitrogens with zero attached hydrogens (tertiary/aromatic N) is 4. The number of aryl methyl sites for hydroxylation is 1. The number of hydrogen-bond acceptors (Lipinski definition) is 5. The Morgan fingerprint density at radius 3 is 3.00 bits per heavy atom. The summed E-state index contributed by atoms with van der Waals surface area (Å²) in [4.78, 5) is 4.35. The van der Waals surface area contributed by atoms with Crippen molar-refractivity contribution in [3.05, 3.63) is 18.2 Å². The summed E-state index contributed by atoms with van der Waals surface area (Å²) < 4.78 is 6.95. The summed E-state index contributed by atoms with van der Waals surface area (Å²) in [6, 6.07) is 2.20. The van der Waals surface area contributed by atoms with Crippen LogP contribution in [0.25, 0.3) is 11.5 Å². The quantitative estimate of drug-likeness (QED) is 0.838. The first kappa shape index (κ1) is 12.8. The van der Waals surface area contributed by atoms with Gasteiger partial charge in [-0.3, -0.25) is 4.68 Å². The predicted octanol–water partition coefficient (Wildman–Crippen LogP) is 1.40. The molecule has 0 amide bonds. The zero-order valence-electron chi connectivity index (χ0n) is 11.1. The van der Waals surface area contributed by atoms with Gasteiger partial charge in [0, 0.05) is 25.7 Å². The lowest BCUT2D eigenvalue weighted by Gasteiger charge is -2.09. The molecule has 2 aromatic rings. The molecule has 0 spiro atoms. The highest BCUT2D eigenvalue weighted by atomic mass is 16.5. The molecule has 2 rings (SSSR count). The molecule has 98 valence electrons. The average molecular weight is 249 g/mol. The van der Waals surface area contributed by atoms with Crippen molar-refractivity contribution in [1.82, 2.24) is 25.2 Å². The Hall–Kier alpha value is -1.69. The Morgan fingerprint density at radius 1 is 1.50 bits per heavy atom. The lowest BCUT2D eigenvalue weighted by Crippen LogP contribution is -2.28. The summed E-state index contributed by atoms with van der Waals surface area (Å²) in [6.07, 6.45) is 3.71. The third-order valence-corrected chi connectivity index (χ3v) is 2.63. The molecule has 0 bridgehead atoms. The van der Waals surface area contributed by atoms with E-state index < -0.39 is 0 Å². The van der Waals surface area contributed by atoms with Crippen LogP contribution in [0.2, 0.25) is 0 Å². The van der Waals surface area contributed by atoms with Gasteiger partial charge >= 0.3 is 0 Å². The minimum atomic E-state index is 0.335. The van der Waals surface area contributed by atoms with E-state index in [2.05, 4.69) is 34.4 Å². The standard InChI is InChI=1S/C12H19N5O/c1-4-6-13-9(2)8-11-14-12(16-18-11)10-5-7-17(3)15-10/h5,7,9,13H,4,6,8H2,1-3H3. The average Bonchev–Trinajstić information content (AvgIpc) is 2.95. The van der Waals surface area contributed by atoms with Gasteiger partial charge in [-0.2, -0.15) is 10.1 Å². The topological polar surface area (TPSA) is 68.8 Å². The van der Waals surface area contributed by atoms with Gasteiger partial charge in [-0.15, -0.1) is 0 Å². The first-order valence-corrected chi connectivity index (χ1v) is 6.25. The molecule has 2 heterocycles. The maximum Gasteiger partial charge on any atom is 0.228 e. The zero-order valence-corrected chi connectivity index (χ0v) is 11.1. The Labute approximate surface area is 106 Å². The van der Waals surface area contributed by atoms with Crippen LogP contribution in [-0.2, 0) is 13.5 Å². The lowest BCUT2D eigenvalue weighted by molar-refractivity contribution is 0.361. The van der Waals surface area contributed by atoms with Crippen LogP contribution in [0.4, 0.5) is 0 Å². The summed E-state index contributed by atoms with van der Waals surface area (Å²) in [5, 5.41) is 11.6. The molecule has 0 saturated heterocycles. The molecular weight excluding hydrogens is 230 g/mol. The first-order valence-electron chi connectivity index (χ1n) is 6.25. The third-order valence-electron chi connectivity index (χ3n) is 2.63. The second kappa shape index (κ2) is 5.77. The minimum absolute atomic E-state index is 0.335. The van der Waals surface area contributed by atoms with Crippen molar-refractivity contribution in [2.45, 2.75) is 32.7 Å². The van der Waals surface area contributed by atoms with E-state index in [0.717, 1.165) is 25.1 Å². The molecular formula is C12H19N5O. The minimum Gasteiger partial charge on any atom is -0.339 e. The smallest absolute Gasteiger partial charge is 0.228 e. The van der Waals surface area contributed by atoms with Crippen molar-refractivity contribution in [1.29, 1.82) is 0 Å². The number of nitrogens with one attached hydrogen (secondary N) is 1. The van der Waals surface area contributed by atoms with E-state index >= 15 is 0 Å². The van der Waals surface area contributed by atoms with Crippen molar-refractivity contribution in [2.24, 2.45) is 7.05 Å². The highest BCUT2D eigenvalue weighted by Gasteiger charge is 2.13. The number of rotatable bonds is 6. The highest BCUT2D eigenvalue weighted by molar-refractivity contribution is 5.46. The summed E-state index contributed by atoms with van der Waals surface area (Å²) in [6.45, 7) is 5.26. The van der Waals surface area contributed by atoms with Crippen LogP contribution in [0.1, 0.15) is 26.2 Å². The Morgan fingerprint density at radius 2 is 2.33 bits per heavy atom. The Kier molecular flexibility index (Phi) is 4.09. The van der Waals surface area contributed by atoms with E-state index in [-0.39, 0.29) is 0 Å². The largest absolute Gasteiger partial charge is 0.339 e. The monoisotopic (exact) mass is 249 g/mol. The van der Waals surface area contributed by atoms with Crippen LogP contribution in [0.5, 0.6) is 0 Å². The van der Waals surface area contributed by atoms with Gasteiger partial charge < -0.3 is 9.84 Å². The van der Waals surface area contributed by atoms with E-state index in [0.29, 0.717) is 17.8 Å². The van der Waals surface area contributed by atoms with Crippen LogP contribution < -0.4 is 5.32 Å². The van der Waals surface area contributed by atoms with E-state index in [1.165, 1.54) is 0 Å². The van der Waals surface area contributed by atoms with Crippen molar-refractivity contribution in [3.8, 4) is 11.5 Å². The molecule has 1 unspecified atom stereocenters. The molecule has 0 radical (unpaired) electrons. The maximum absolute atomic E-state index is 5.23. The summed E-state index contributed by atoms with van der Waals surface area (Å²) in [5.41, 5.74) is 0.738. The van der Waals surface area contributed by atoms with E-state index in [1.54, 1.807) is 4.68 Å². The molecule has 2 aromatic heterocycles. The van der Waals surface area contributed by atoms with Crippen LogP contribution in [0, 0.1) is 0 Å². The zero-order chi connectivity index (χ0) is 13.0. The summed E-state index contributed by atoms with van der Waals surface area (Å²) in [7, 11) is 1.86. The van der Waals surface area contributed by atoms with E-state index in [4.69, 9.17) is 4.52 Å². The summed E-state index contributed by atoms with van der Waals surface area (Å²) in [5.74, 6) is 1.19. The number of aromatic nitrogens is 4. The first-order chi connectivity index (χ1) is 8.69. The fourth-order valence-corrected chi connectivity index (χ4v) is 1.70. The second-order valence-electron chi connectivity index (χ2n) is 4.45. The maximum atomic E-state index is 5.23. The van der Waals surface area contributed by atoms with Crippen molar-refractivity contribution >= 4 is 0 Å². The molecule has 0 fully saturated rings. The molecule has 1 atom stereocenters. The highest BCUT2D eigenvalue weighted by Crippen LogP contribution is 2.13. The second-order valence-corrected chi connectivity index (χ2v) is 4.45. The summed E-state index contributed by atoms with van der Waals surface area (Å²) >= 11 is 0. The predicted molar refractivity (Wildman–Crippen MR) is 68.0 cm³/mol. The molecule has 0 aliphatic carbocycles. The van der Waals surface area contributed by atoms with Gasteiger partial charge in [-0.05, 0) is 26.0 Å². The fourth-order valence-electron chi connectivity index (χ4n) is 1.70. The van der Waals surface area contributed by atoms with Gasteiger partial charge in [-0.1, -0.05) is 12.1 Å². The SMILES string of the molecule is CCCNC(C)Cc1nc(-c2ccn(C)n2)no1. The molecule has 0 aliphatic rings. The van der Waals surface area contributed by atoms with Gasteiger partial charge in [0.05, 0.1) is 0 Å². The Bertz CT molecular complexity index is 490. The van der Waals surface area contributed by atoms with Crippen molar-refractivity contribution < 1.29 is 4.52 Å². The van der Waals surface area contributed by atoms with E-state index in [9.17, 15) is 0 Å². The molecule has 0 saturated carbocycles. The molecule has 1 N–H and O–H groups in total. The van der Waals surface area contributed by atoms with Crippen LogP contribution >= 0.6 is 0 Å². The normalized spacial score (nSPS) is 12.8. The molecule has 18 heavy (non-hydrogen) atoms. The molecule has 0 aromatic carbocycles. The van der Waals surface area contributed by atoms with Gasteiger partial charge in [0.1, 0.15) is 5.69 Å². The lowest BCUT2D eigenvalue weighted by atomic mass is 10.2. The van der Waals surface area contributed by atoms with E-state index in [1.807, 2.05) is 19.3 Å². The Balaban J connectivity index is 1.98. The third kappa shape index (κ3) is 3.16. The van der Waals surface area contributed by atoms with Gasteiger partial charge in [0.2, 0.25) is 11.7 Å². The van der Waals surface area contributed by atoms with Crippen molar-refractivity contribution in [2.75, 3.05) is 6.54 Å². The fraction of sp³-hybridized carbons (Fsp3) is 0.583. The molecule has 6 heteroatoms. The van der Waals surface area contributed by atoms with Crippen molar-refractivity contribution in [3.63, 3.8) is 0 Å². The van der Waals surface area contributed by atoms with Gasteiger partial charge in [-0.25, -0.2) is 0 Å². The van der Waals surface area contributed by atoms with Crippen LogP contribution in [-0.4, -0.2) is 32.5 Å². The number of hydrogen-bond donors (Lipinski definition) is 1. The molecule has 6 nitrogen and oxygen atoms in total. The van der Waals surface area contributed by atoms with Crippen LogP contribution in [0.15, 0.2) is 16.8 Å². The van der Waals surface area contributed by atoms with Gasteiger partial charge in [0.25, 0.3) is 0 Å².